The number of esters is 1. The van der Waals surface area contributed by atoms with Gasteiger partial charge in [-0.2, -0.15) is 0 Å². The average Bonchev–Trinajstić information content (AvgIpc) is 3.06. The van der Waals surface area contributed by atoms with E-state index in [1.165, 1.54) is 18.4 Å². The number of nitrogens with zero attached hydrogens (tertiary/aromatic N) is 1. The Morgan fingerprint density at radius 2 is 1.82 bits per heavy atom. The van der Waals surface area contributed by atoms with Crippen LogP contribution in [0.2, 0.25) is 0 Å². The van der Waals surface area contributed by atoms with Crippen molar-refractivity contribution in [1.29, 1.82) is 0 Å². The Labute approximate surface area is 194 Å². The molecule has 0 radical (unpaired) electrons. The van der Waals surface area contributed by atoms with Gasteiger partial charge in [0.25, 0.3) is 11.8 Å². The average molecular weight is 457 g/mol. The maximum atomic E-state index is 12.9. The molecule has 0 bridgehead atoms. The van der Waals surface area contributed by atoms with Gasteiger partial charge in [-0.25, -0.2) is 4.79 Å². The molecule has 0 atom stereocenters. The van der Waals surface area contributed by atoms with Gasteiger partial charge in [-0.05, 0) is 43.5 Å². The highest BCUT2D eigenvalue weighted by molar-refractivity contribution is 6.16. The van der Waals surface area contributed by atoms with E-state index in [2.05, 4.69) is 5.32 Å². The minimum atomic E-state index is -0.559. The molecule has 178 valence electrons. The third kappa shape index (κ3) is 6.22. The van der Waals surface area contributed by atoms with Gasteiger partial charge in [-0.1, -0.05) is 31.4 Å². The summed E-state index contributed by atoms with van der Waals surface area (Å²) in [6.45, 7) is 2.37. The van der Waals surface area contributed by atoms with Crippen molar-refractivity contribution in [1.82, 2.24) is 10.2 Å². The Kier molecular flexibility index (Phi) is 8.65. The van der Waals surface area contributed by atoms with E-state index >= 15 is 0 Å². The molecule has 1 aromatic rings. The molecule has 3 rings (SSSR count). The number of carbonyl (C=O) groups excluding carboxylic acids is 3. The second-order valence-electron chi connectivity index (χ2n) is 8.22. The van der Waals surface area contributed by atoms with E-state index in [0.29, 0.717) is 24.6 Å². The van der Waals surface area contributed by atoms with Crippen LogP contribution in [0.5, 0.6) is 5.75 Å². The second kappa shape index (κ2) is 11.7. The number of hydrogen-bond donors (Lipinski definition) is 1. The van der Waals surface area contributed by atoms with Gasteiger partial charge >= 0.3 is 5.97 Å². The largest absolute Gasteiger partial charge is 0.484 e. The molecule has 1 N–H and O–H groups in total. The van der Waals surface area contributed by atoms with E-state index in [1.807, 2.05) is 0 Å². The van der Waals surface area contributed by atoms with Gasteiger partial charge < -0.3 is 24.4 Å². The first-order valence-corrected chi connectivity index (χ1v) is 11.3. The zero-order chi connectivity index (χ0) is 23.8. The van der Waals surface area contributed by atoms with Crippen molar-refractivity contribution in [2.75, 3.05) is 34.0 Å². The molecule has 1 saturated carbocycles. The van der Waals surface area contributed by atoms with Crippen LogP contribution in [0.1, 0.15) is 44.6 Å². The summed E-state index contributed by atoms with van der Waals surface area (Å²) in [4.78, 5) is 39.0. The number of allylic oxidation sites excluding steroid dienone is 1. The Hall–Kier alpha value is -3.13. The monoisotopic (exact) mass is 456 g/mol. The predicted molar refractivity (Wildman–Crippen MR) is 123 cm³/mol. The fourth-order valence-electron chi connectivity index (χ4n) is 4.17. The predicted octanol–water partition coefficient (Wildman–Crippen LogP) is 2.83. The number of ether oxygens (including phenoxy) is 3. The van der Waals surface area contributed by atoms with Crippen molar-refractivity contribution in [3.05, 3.63) is 46.7 Å². The van der Waals surface area contributed by atoms with Crippen LogP contribution in [0, 0.1) is 0 Å². The lowest BCUT2D eigenvalue weighted by Gasteiger charge is -2.22. The number of carbonyl (C=O) groups is 3. The Bertz CT molecular complexity index is 929. The summed E-state index contributed by atoms with van der Waals surface area (Å²) in [5.41, 5.74) is 1.79. The van der Waals surface area contributed by atoms with Crippen LogP contribution in [-0.2, 0) is 23.9 Å². The number of hydrogen-bond acceptors (Lipinski definition) is 6. The molecule has 1 fully saturated rings. The molecule has 0 spiro atoms. The minimum absolute atomic E-state index is 0.0434. The van der Waals surface area contributed by atoms with E-state index in [0.717, 1.165) is 31.2 Å². The lowest BCUT2D eigenvalue weighted by atomic mass is 9.95. The first kappa shape index (κ1) is 24.5. The van der Waals surface area contributed by atoms with Gasteiger partial charge in [0.15, 0.2) is 6.61 Å². The Balaban J connectivity index is 1.66. The summed E-state index contributed by atoms with van der Waals surface area (Å²) in [5.74, 6) is -0.403. The Morgan fingerprint density at radius 3 is 2.45 bits per heavy atom. The lowest BCUT2D eigenvalue weighted by Crippen LogP contribution is -2.38. The molecule has 1 aromatic carbocycles. The summed E-state index contributed by atoms with van der Waals surface area (Å²) in [7, 11) is 2.85. The third-order valence-electron chi connectivity index (χ3n) is 5.95. The first-order chi connectivity index (χ1) is 15.9. The standard InChI is InChI=1S/C25H32N2O6/c1-17-23(25(30)32-3)21(24(29)27(17)13-14-31-2)15-18-9-11-20(12-10-18)33-16-22(28)26-19-7-5-4-6-8-19/h9-12,15,19H,4-8,13-14,16H2,1-3H3,(H,26,28)/b21-15-. The summed E-state index contributed by atoms with van der Waals surface area (Å²) >= 11 is 0. The van der Waals surface area contributed by atoms with Gasteiger partial charge in [-0.3, -0.25) is 9.59 Å². The fourth-order valence-corrected chi connectivity index (χ4v) is 4.17. The van der Waals surface area contributed by atoms with Gasteiger partial charge in [0.1, 0.15) is 5.75 Å². The van der Waals surface area contributed by atoms with E-state index in [-0.39, 0.29) is 35.6 Å². The second-order valence-corrected chi connectivity index (χ2v) is 8.22. The smallest absolute Gasteiger partial charge is 0.340 e. The molecule has 2 amide bonds. The van der Waals surface area contributed by atoms with Crippen molar-refractivity contribution in [2.24, 2.45) is 0 Å². The van der Waals surface area contributed by atoms with Crippen LogP contribution in [0.4, 0.5) is 0 Å². The number of nitrogens with one attached hydrogen (secondary N) is 1. The van der Waals surface area contributed by atoms with Crippen molar-refractivity contribution in [3.63, 3.8) is 0 Å². The van der Waals surface area contributed by atoms with Gasteiger partial charge in [0.2, 0.25) is 0 Å². The molecule has 1 heterocycles. The molecular formula is C25H32N2O6. The number of benzene rings is 1. The van der Waals surface area contributed by atoms with Crippen molar-refractivity contribution >= 4 is 23.9 Å². The summed E-state index contributed by atoms with van der Waals surface area (Å²) in [6, 6.07) is 7.26. The van der Waals surface area contributed by atoms with E-state index in [1.54, 1.807) is 44.4 Å². The summed E-state index contributed by atoms with van der Waals surface area (Å²) in [5, 5.41) is 3.02. The molecule has 8 nitrogen and oxygen atoms in total. The normalized spacial score (nSPS) is 18.1. The van der Waals surface area contributed by atoms with Gasteiger partial charge in [0.05, 0.1) is 24.9 Å². The maximum absolute atomic E-state index is 12.9. The zero-order valence-electron chi connectivity index (χ0n) is 19.5. The van der Waals surface area contributed by atoms with E-state index in [9.17, 15) is 14.4 Å². The minimum Gasteiger partial charge on any atom is -0.484 e. The van der Waals surface area contributed by atoms with Crippen LogP contribution in [0.15, 0.2) is 41.1 Å². The highest BCUT2D eigenvalue weighted by atomic mass is 16.5. The van der Waals surface area contributed by atoms with Crippen LogP contribution in [0.25, 0.3) is 6.08 Å². The molecule has 8 heteroatoms. The molecule has 1 aliphatic carbocycles. The van der Waals surface area contributed by atoms with Gasteiger partial charge in [-0.15, -0.1) is 0 Å². The van der Waals surface area contributed by atoms with Gasteiger partial charge in [0, 0.05) is 25.4 Å². The number of methoxy groups -OCH3 is 2. The Morgan fingerprint density at radius 1 is 1.12 bits per heavy atom. The van der Waals surface area contributed by atoms with Crippen molar-refractivity contribution < 1.29 is 28.6 Å². The van der Waals surface area contributed by atoms with Crippen molar-refractivity contribution in [3.8, 4) is 5.75 Å². The SMILES string of the molecule is COCCN1C(=O)/C(=C\c2ccc(OCC(=O)NC3CCCCC3)cc2)C(C(=O)OC)=C1C. The molecular weight excluding hydrogens is 424 g/mol. The van der Waals surface area contributed by atoms with Crippen LogP contribution < -0.4 is 10.1 Å². The molecule has 33 heavy (non-hydrogen) atoms. The first-order valence-electron chi connectivity index (χ1n) is 11.3. The van der Waals surface area contributed by atoms with E-state index in [4.69, 9.17) is 14.2 Å². The third-order valence-corrected chi connectivity index (χ3v) is 5.95. The molecule has 2 aliphatic rings. The van der Waals surface area contributed by atoms with Crippen LogP contribution >= 0.6 is 0 Å². The molecule has 1 aliphatic heterocycles. The van der Waals surface area contributed by atoms with Crippen molar-refractivity contribution in [2.45, 2.75) is 45.1 Å². The summed E-state index contributed by atoms with van der Waals surface area (Å²) < 4.78 is 15.6. The maximum Gasteiger partial charge on any atom is 0.340 e. The summed E-state index contributed by atoms with van der Waals surface area (Å²) in [6.07, 6.45) is 7.25. The quantitative estimate of drug-likeness (QED) is 0.454. The lowest BCUT2D eigenvalue weighted by molar-refractivity contribution is -0.136. The highest BCUT2D eigenvalue weighted by Gasteiger charge is 2.36. The van der Waals surface area contributed by atoms with Crippen LogP contribution in [0.3, 0.4) is 0 Å². The molecule has 0 saturated heterocycles. The highest BCUT2D eigenvalue weighted by Crippen LogP contribution is 2.31. The zero-order valence-corrected chi connectivity index (χ0v) is 19.5. The number of rotatable bonds is 9. The topological polar surface area (TPSA) is 94.2 Å². The molecule has 0 aromatic heterocycles. The fraction of sp³-hybridized carbons (Fsp3) is 0.480. The number of amides is 2. The molecule has 0 unspecified atom stereocenters. The van der Waals surface area contributed by atoms with E-state index < -0.39 is 5.97 Å². The van der Waals surface area contributed by atoms with Crippen LogP contribution in [-0.4, -0.2) is 62.7 Å².